The zero-order valence-corrected chi connectivity index (χ0v) is 2.71. The Hall–Kier alpha value is -0.220. The van der Waals surface area contributed by atoms with Crippen LogP contribution in [0.4, 0.5) is 0 Å². The standard InChI is InChI=1S/C4H5/c1-3-4-2/h3H2,1H3/q+1. The Labute approximate surface area is 26.8 Å². The first-order chi connectivity index (χ1) is 1.91. The summed E-state index contributed by atoms with van der Waals surface area (Å²) in [7, 11) is 0. The van der Waals surface area contributed by atoms with Gasteiger partial charge in [0.2, 0.25) is 0 Å². The quantitative estimate of drug-likeness (QED) is 0.285. The molecule has 0 aliphatic heterocycles. The molecule has 0 nitrogen and oxygen atoms in total. The van der Waals surface area contributed by atoms with Gasteiger partial charge in [-0.25, -0.2) is 0 Å². The molecule has 0 unspecified atom stereocenters. The van der Waals surface area contributed by atoms with E-state index in [-0.39, 0.29) is 0 Å². The normalized spacial score (nSPS) is 5.75. The summed E-state index contributed by atoms with van der Waals surface area (Å²) in [4.78, 5) is 0. The number of hydrogen-bond acceptors (Lipinski definition) is 0. The second kappa shape index (κ2) is 2.78. The summed E-state index contributed by atoms with van der Waals surface area (Å²) in [6, 6.07) is 0. The molecule has 0 aromatic rings. The summed E-state index contributed by atoms with van der Waals surface area (Å²) in [6.45, 7) is 1.88. The molecule has 0 aliphatic carbocycles. The third-order valence-electron chi connectivity index (χ3n) is 0.177. The van der Waals surface area contributed by atoms with Crippen LogP contribution in [-0.2, 0) is 0 Å². The van der Waals surface area contributed by atoms with E-state index in [1.807, 2.05) is 6.92 Å². The fraction of sp³-hybridized carbons (Fsp3) is 0.500. The van der Waals surface area contributed by atoms with Crippen molar-refractivity contribution in [3.8, 4) is 5.92 Å². The summed E-state index contributed by atoms with van der Waals surface area (Å²) in [5.74, 6) is 2.18. The monoisotopic (exact) mass is 53.0 g/mol. The van der Waals surface area contributed by atoms with Crippen LogP contribution in [0.5, 0.6) is 0 Å². The maximum absolute atomic E-state index is 6.20. The van der Waals surface area contributed by atoms with E-state index in [4.69, 9.17) is 6.42 Å². The molecule has 0 amide bonds. The molecule has 0 aliphatic rings. The molecule has 0 heteroatoms. The van der Waals surface area contributed by atoms with Gasteiger partial charge < -0.3 is 0 Å². The van der Waals surface area contributed by atoms with Crippen LogP contribution in [0.25, 0.3) is 0 Å². The van der Waals surface area contributed by atoms with E-state index < -0.39 is 0 Å². The second-order valence-corrected chi connectivity index (χ2v) is 0.530. The van der Waals surface area contributed by atoms with E-state index in [1.165, 1.54) is 0 Å². The van der Waals surface area contributed by atoms with Gasteiger partial charge in [0, 0.05) is 0 Å². The van der Waals surface area contributed by atoms with E-state index in [1.54, 1.807) is 0 Å². The minimum absolute atomic E-state index is 0.736. The molecule has 0 rings (SSSR count). The minimum atomic E-state index is 0.736. The predicted octanol–water partition coefficient (Wildman–Crippen LogP) is 0.986. The summed E-state index contributed by atoms with van der Waals surface area (Å²) in [5.41, 5.74) is 0. The van der Waals surface area contributed by atoms with E-state index in [0.29, 0.717) is 0 Å². The van der Waals surface area contributed by atoms with Gasteiger partial charge in [-0.3, -0.25) is 0 Å². The topological polar surface area (TPSA) is 0 Å². The fourth-order valence-corrected chi connectivity index (χ4v) is 0. The van der Waals surface area contributed by atoms with Gasteiger partial charge in [-0.15, -0.1) is 0 Å². The predicted molar refractivity (Wildman–Crippen MR) is 17.4 cm³/mol. The van der Waals surface area contributed by atoms with Crippen LogP contribution in [0.3, 0.4) is 0 Å². The average molecular weight is 53.1 g/mol. The first-order valence-electron chi connectivity index (χ1n) is 1.31. The molecule has 0 atom stereocenters. The Balaban J connectivity index is 2.43. The van der Waals surface area contributed by atoms with Crippen LogP contribution in [-0.4, -0.2) is 0 Å². The van der Waals surface area contributed by atoms with Crippen LogP contribution in [0.1, 0.15) is 13.3 Å². The van der Waals surface area contributed by atoms with Gasteiger partial charge in [0.15, 0.2) is 0 Å². The first-order valence-corrected chi connectivity index (χ1v) is 1.31. The van der Waals surface area contributed by atoms with E-state index >= 15 is 0 Å². The van der Waals surface area contributed by atoms with Gasteiger partial charge in [0.1, 0.15) is 0 Å². The van der Waals surface area contributed by atoms with Crippen molar-refractivity contribution >= 4 is 0 Å². The molecule has 0 saturated heterocycles. The van der Waals surface area contributed by atoms with Crippen LogP contribution < -0.4 is 0 Å². The summed E-state index contributed by atoms with van der Waals surface area (Å²) in [5, 5.41) is 0. The molecular formula is C4H5+. The van der Waals surface area contributed by atoms with Crippen molar-refractivity contribution in [2.24, 2.45) is 0 Å². The van der Waals surface area contributed by atoms with Gasteiger partial charge in [-0.2, -0.15) is 0 Å². The van der Waals surface area contributed by atoms with Crippen LogP contribution in [0, 0.1) is 12.3 Å². The molecular weight excluding hydrogens is 48.0 g/mol. The SMILES string of the molecule is [C+]#CCC. The van der Waals surface area contributed by atoms with Crippen molar-refractivity contribution in [2.45, 2.75) is 13.3 Å². The Bertz CT molecular complexity index is 29.8. The van der Waals surface area contributed by atoms with Crippen molar-refractivity contribution < 1.29 is 0 Å². The van der Waals surface area contributed by atoms with Crippen LogP contribution in [0.2, 0.25) is 0 Å². The Morgan fingerprint density at radius 3 is 2.25 bits per heavy atom. The molecule has 0 fully saturated rings. The fourth-order valence-electron chi connectivity index (χ4n) is 0. The molecule has 0 heterocycles. The Kier molecular flexibility index (Phi) is 2.63. The average Bonchev–Trinajstić information content (AvgIpc) is 1.37. The molecule has 0 bridgehead atoms. The van der Waals surface area contributed by atoms with Crippen molar-refractivity contribution in [1.82, 2.24) is 0 Å². The molecule has 0 spiro atoms. The number of hydrogen-bond donors (Lipinski definition) is 0. The molecule has 0 N–H and O–H groups in total. The van der Waals surface area contributed by atoms with Crippen molar-refractivity contribution in [3.63, 3.8) is 0 Å². The molecule has 0 saturated carbocycles. The number of rotatable bonds is 0. The third-order valence-corrected chi connectivity index (χ3v) is 0.177. The maximum atomic E-state index is 6.20. The van der Waals surface area contributed by atoms with Gasteiger partial charge >= 0.3 is 25.7 Å². The zero-order valence-electron chi connectivity index (χ0n) is 2.71. The van der Waals surface area contributed by atoms with Gasteiger partial charge in [0.25, 0.3) is 0 Å². The van der Waals surface area contributed by atoms with Crippen molar-refractivity contribution in [1.29, 1.82) is 0 Å². The molecule has 0 aromatic carbocycles. The first kappa shape index (κ1) is 3.78. The van der Waals surface area contributed by atoms with Crippen LogP contribution >= 0.6 is 0 Å². The third kappa shape index (κ3) is 1.78. The van der Waals surface area contributed by atoms with Crippen molar-refractivity contribution in [2.75, 3.05) is 0 Å². The van der Waals surface area contributed by atoms with Gasteiger partial charge in [0.05, 0.1) is 0 Å². The summed E-state index contributed by atoms with van der Waals surface area (Å²) < 4.78 is 0. The van der Waals surface area contributed by atoms with E-state index in [2.05, 4.69) is 5.92 Å². The van der Waals surface area contributed by atoms with Crippen LogP contribution in [0.15, 0.2) is 0 Å². The van der Waals surface area contributed by atoms with Gasteiger partial charge in [-0.1, -0.05) is 0 Å². The summed E-state index contributed by atoms with van der Waals surface area (Å²) >= 11 is 0. The zero-order chi connectivity index (χ0) is 3.41. The van der Waals surface area contributed by atoms with E-state index in [0.717, 1.165) is 6.42 Å². The molecule has 0 radical (unpaired) electrons. The molecule has 20 valence electrons. The Morgan fingerprint density at radius 2 is 2.25 bits per heavy atom. The van der Waals surface area contributed by atoms with Gasteiger partial charge in [-0.05, 0) is 0 Å². The summed E-state index contributed by atoms with van der Waals surface area (Å²) in [6.07, 6.45) is 6.94. The van der Waals surface area contributed by atoms with Crippen molar-refractivity contribution in [3.05, 3.63) is 6.42 Å². The van der Waals surface area contributed by atoms with E-state index in [9.17, 15) is 0 Å². The molecule has 0 aromatic heterocycles. The molecule has 4 heavy (non-hydrogen) atoms. The second-order valence-electron chi connectivity index (χ2n) is 0.530. The Morgan fingerprint density at radius 1 is 2.00 bits per heavy atom.